The first kappa shape index (κ1) is 13.3. The molecule has 2 rings (SSSR count). The topological polar surface area (TPSA) is 80.4 Å². The van der Waals surface area contributed by atoms with Crippen LogP contribution in [0.5, 0.6) is 0 Å². The predicted molar refractivity (Wildman–Crippen MR) is 76.1 cm³/mol. The molecule has 1 aliphatic heterocycles. The van der Waals surface area contributed by atoms with Crippen LogP contribution in [0, 0.1) is 0 Å². The van der Waals surface area contributed by atoms with Gasteiger partial charge in [0, 0.05) is 48.8 Å². The number of nitrogens with one attached hydrogen (secondary N) is 1. The lowest BCUT2D eigenvalue weighted by Crippen LogP contribution is -2.32. The zero-order valence-corrected chi connectivity index (χ0v) is 11.2. The molecule has 0 radical (unpaired) electrons. The van der Waals surface area contributed by atoms with Gasteiger partial charge in [-0.15, -0.1) is 0 Å². The van der Waals surface area contributed by atoms with Gasteiger partial charge >= 0.3 is 0 Å². The number of nitrogens with two attached hydrogens (primary N) is 1. The van der Waals surface area contributed by atoms with Crippen molar-refractivity contribution >= 4 is 17.7 Å². The van der Waals surface area contributed by atoms with Gasteiger partial charge in [0.25, 0.3) is 5.91 Å². The van der Waals surface area contributed by atoms with E-state index in [1.54, 1.807) is 12.4 Å². The predicted octanol–water partition coefficient (Wildman–Crippen LogP) is 1.15. The molecule has 1 aliphatic rings. The molecule has 0 fully saturated rings. The van der Waals surface area contributed by atoms with Crippen molar-refractivity contribution in [3.05, 3.63) is 35.3 Å². The van der Waals surface area contributed by atoms with E-state index in [1.165, 1.54) is 6.20 Å². The van der Waals surface area contributed by atoms with Gasteiger partial charge in [0.05, 0.1) is 11.3 Å². The highest BCUT2D eigenvalue weighted by atomic mass is 16.1. The molecule has 0 aliphatic carbocycles. The number of aromatic nitrogens is 1. The maximum absolute atomic E-state index is 11.8. The minimum atomic E-state index is -0.0761. The van der Waals surface area contributed by atoms with E-state index in [1.807, 2.05) is 19.9 Å². The number of nitrogens with zero attached hydrogens (tertiary/aromatic N) is 2. The van der Waals surface area contributed by atoms with Crippen LogP contribution < -0.4 is 11.1 Å². The van der Waals surface area contributed by atoms with Crippen LogP contribution in [0.4, 0.5) is 0 Å². The highest BCUT2D eigenvalue weighted by Gasteiger charge is 2.18. The molecule has 5 nitrogen and oxygen atoms in total. The SMILES string of the molecule is CC(C)N=CC(=CN)c1cnc2c(c1)C(=O)NCC2. The van der Waals surface area contributed by atoms with Crippen molar-refractivity contribution in [3.63, 3.8) is 0 Å². The van der Waals surface area contributed by atoms with E-state index in [2.05, 4.69) is 15.3 Å². The Morgan fingerprint density at radius 2 is 2.37 bits per heavy atom. The number of amides is 1. The summed E-state index contributed by atoms with van der Waals surface area (Å²) < 4.78 is 0. The van der Waals surface area contributed by atoms with Crippen LogP contribution >= 0.6 is 0 Å². The van der Waals surface area contributed by atoms with E-state index < -0.39 is 0 Å². The van der Waals surface area contributed by atoms with Crippen molar-refractivity contribution in [1.82, 2.24) is 10.3 Å². The second-order valence-corrected chi connectivity index (χ2v) is 4.72. The molecule has 1 amide bonds. The monoisotopic (exact) mass is 258 g/mol. The Morgan fingerprint density at radius 1 is 1.58 bits per heavy atom. The van der Waals surface area contributed by atoms with E-state index in [4.69, 9.17) is 5.73 Å². The fourth-order valence-corrected chi connectivity index (χ4v) is 1.88. The number of hydrogen-bond donors (Lipinski definition) is 2. The van der Waals surface area contributed by atoms with Crippen LogP contribution in [-0.2, 0) is 6.42 Å². The number of hydrogen-bond acceptors (Lipinski definition) is 4. The van der Waals surface area contributed by atoms with Crippen LogP contribution in [0.1, 0.15) is 35.5 Å². The summed E-state index contributed by atoms with van der Waals surface area (Å²) in [4.78, 5) is 20.4. The number of pyridine rings is 1. The second kappa shape index (κ2) is 5.65. The van der Waals surface area contributed by atoms with Crippen LogP contribution in [-0.4, -0.2) is 29.7 Å². The van der Waals surface area contributed by atoms with Gasteiger partial charge < -0.3 is 11.1 Å². The van der Waals surface area contributed by atoms with Gasteiger partial charge in [0.1, 0.15) is 0 Å². The molecule has 100 valence electrons. The van der Waals surface area contributed by atoms with E-state index in [0.717, 1.165) is 23.3 Å². The average molecular weight is 258 g/mol. The first-order valence-corrected chi connectivity index (χ1v) is 6.34. The first-order valence-electron chi connectivity index (χ1n) is 6.34. The molecule has 1 aromatic rings. The Kier molecular flexibility index (Phi) is 3.94. The van der Waals surface area contributed by atoms with Gasteiger partial charge in [0.2, 0.25) is 0 Å². The summed E-state index contributed by atoms with van der Waals surface area (Å²) in [6.45, 7) is 4.62. The molecule has 5 heteroatoms. The first-order chi connectivity index (χ1) is 9.11. The Labute approximate surface area is 112 Å². The average Bonchev–Trinajstić information content (AvgIpc) is 2.40. The van der Waals surface area contributed by atoms with Gasteiger partial charge in [-0.1, -0.05) is 0 Å². The number of rotatable bonds is 3. The lowest BCUT2D eigenvalue weighted by Gasteiger charge is -2.16. The number of allylic oxidation sites excluding steroid dienone is 1. The summed E-state index contributed by atoms with van der Waals surface area (Å²) >= 11 is 0. The van der Waals surface area contributed by atoms with Crippen LogP contribution in [0.3, 0.4) is 0 Å². The Morgan fingerprint density at radius 3 is 3.05 bits per heavy atom. The molecule has 0 bridgehead atoms. The van der Waals surface area contributed by atoms with Crippen molar-refractivity contribution in [2.24, 2.45) is 10.7 Å². The normalized spacial score (nSPS) is 15.7. The summed E-state index contributed by atoms with van der Waals surface area (Å²) in [5.74, 6) is -0.0761. The highest BCUT2D eigenvalue weighted by Crippen LogP contribution is 2.17. The Balaban J connectivity index is 2.35. The molecule has 3 N–H and O–H groups in total. The van der Waals surface area contributed by atoms with Crippen molar-refractivity contribution in [3.8, 4) is 0 Å². The lowest BCUT2D eigenvalue weighted by molar-refractivity contribution is 0.0945. The van der Waals surface area contributed by atoms with Crippen LogP contribution in [0.25, 0.3) is 5.57 Å². The van der Waals surface area contributed by atoms with E-state index >= 15 is 0 Å². The third-order valence-corrected chi connectivity index (χ3v) is 2.89. The molecule has 0 saturated heterocycles. The quantitative estimate of drug-likeness (QED) is 0.798. The molecular formula is C14H18N4O. The zero-order chi connectivity index (χ0) is 13.8. The van der Waals surface area contributed by atoms with Gasteiger partial charge in [0.15, 0.2) is 0 Å². The number of carbonyl (C=O) groups is 1. The van der Waals surface area contributed by atoms with Crippen molar-refractivity contribution in [2.45, 2.75) is 26.3 Å². The summed E-state index contributed by atoms with van der Waals surface area (Å²) in [5.41, 5.74) is 8.66. The third-order valence-electron chi connectivity index (χ3n) is 2.89. The molecule has 2 heterocycles. The largest absolute Gasteiger partial charge is 0.404 e. The Bertz CT molecular complexity index is 546. The molecule has 0 atom stereocenters. The van der Waals surface area contributed by atoms with Gasteiger partial charge in [-0.25, -0.2) is 0 Å². The number of carbonyl (C=O) groups excluding carboxylic acids is 1. The molecule has 0 unspecified atom stereocenters. The van der Waals surface area contributed by atoms with Gasteiger partial charge in [-0.3, -0.25) is 14.8 Å². The summed E-state index contributed by atoms with van der Waals surface area (Å²) in [6.07, 6.45) is 5.70. The molecule has 19 heavy (non-hydrogen) atoms. The molecule has 0 saturated carbocycles. The van der Waals surface area contributed by atoms with E-state index in [9.17, 15) is 4.79 Å². The molecular weight excluding hydrogens is 240 g/mol. The number of fused-ring (bicyclic) bond motifs is 1. The van der Waals surface area contributed by atoms with Crippen molar-refractivity contribution < 1.29 is 4.79 Å². The maximum atomic E-state index is 11.8. The standard InChI is InChI=1S/C14H18N4O/c1-9(2)17-8-11(6-15)10-5-12-13(18-7-10)3-4-16-14(12)19/h5-9H,3-4,15H2,1-2H3,(H,16,19). The number of aliphatic imine (C=N–C) groups is 1. The Hall–Kier alpha value is -2.17. The van der Waals surface area contributed by atoms with Crippen molar-refractivity contribution in [2.75, 3.05) is 6.54 Å². The van der Waals surface area contributed by atoms with Crippen molar-refractivity contribution in [1.29, 1.82) is 0 Å². The van der Waals surface area contributed by atoms with E-state index in [-0.39, 0.29) is 11.9 Å². The minimum absolute atomic E-state index is 0.0761. The molecule has 0 aromatic carbocycles. The zero-order valence-electron chi connectivity index (χ0n) is 11.2. The summed E-state index contributed by atoms with van der Waals surface area (Å²) in [6, 6.07) is 2.02. The fourth-order valence-electron chi connectivity index (χ4n) is 1.88. The maximum Gasteiger partial charge on any atom is 0.253 e. The fraction of sp³-hybridized carbons (Fsp3) is 0.357. The third kappa shape index (κ3) is 2.99. The smallest absolute Gasteiger partial charge is 0.253 e. The summed E-state index contributed by atoms with van der Waals surface area (Å²) in [5, 5.41) is 2.81. The van der Waals surface area contributed by atoms with E-state index in [0.29, 0.717) is 12.1 Å². The van der Waals surface area contributed by atoms with Crippen LogP contribution in [0.15, 0.2) is 23.5 Å². The van der Waals surface area contributed by atoms with Crippen LogP contribution in [0.2, 0.25) is 0 Å². The highest BCUT2D eigenvalue weighted by molar-refractivity contribution is 6.10. The van der Waals surface area contributed by atoms with Gasteiger partial charge in [-0.2, -0.15) is 0 Å². The molecule has 1 aromatic heterocycles. The second-order valence-electron chi connectivity index (χ2n) is 4.72. The minimum Gasteiger partial charge on any atom is -0.404 e. The lowest BCUT2D eigenvalue weighted by atomic mass is 10.0. The summed E-state index contributed by atoms with van der Waals surface area (Å²) in [7, 11) is 0. The molecule has 0 spiro atoms. The van der Waals surface area contributed by atoms with Gasteiger partial charge in [-0.05, 0) is 19.9 Å².